The highest BCUT2D eigenvalue weighted by molar-refractivity contribution is 7.91. The highest BCUT2D eigenvalue weighted by Crippen LogP contribution is 2.14. The van der Waals surface area contributed by atoms with E-state index in [1.807, 2.05) is 19.9 Å². The number of carbonyl (C=O) groups is 1. The maximum atomic E-state index is 12.1. The Morgan fingerprint density at radius 1 is 1.00 bits per heavy atom. The molecule has 0 aliphatic rings. The van der Waals surface area contributed by atoms with E-state index in [0.717, 1.165) is 0 Å². The van der Waals surface area contributed by atoms with Crippen molar-refractivity contribution in [2.45, 2.75) is 25.6 Å². The Bertz CT molecular complexity index is 754. The van der Waals surface area contributed by atoms with Crippen LogP contribution in [0.1, 0.15) is 29.8 Å². The zero-order valence-corrected chi connectivity index (χ0v) is 13.9. The fraction of sp³-hybridized carbons (Fsp3) is 0.235. The van der Waals surface area contributed by atoms with Crippen LogP contribution in [-0.4, -0.2) is 20.4 Å². The van der Waals surface area contributed by atoms with E-state index in [2.05, 4.69) is 10.0 Å². The number of hydrogen-bond donors (Lipinski definition) is 2. The van der Waals surface area contributed by atoms with Crippen molar-refractivity contribution in [1.29, 1.82) is 0 Å². The number of sulfonamides is 1. The van der Waals surface area contributed by atoms with Gasteiger partial charge >= 0.3 is 0 Å². The molecule has 6 heteroatoms. The standard InChI is InChI=1S/C17H20N2O3S/c1-13(2)18-17(20)15-8-10-16(11-9-15)19-23(21,22)12-14-6-4-3-5-7-14/h3-11,13,19H,12H2,1-2H3,(H,18,20). The van der Waals surface area contributed by atoms with Crippen molar-refractivity contribution < 1.29 is 13.2 Å². The van der Waals surface area contributed by atoms with Crippen molar-refractivity contribution in [3.05, 3.63) is 65.7 Å². The smallest absolute Gasteiger partial charge is 0.251 e. The molecule has 0 atom stereocenters. The molecule has 0 saturated heterocycles. The average molecular weight is 332 g/mol. The van der Waals surface area contributed by atoms with Gasteiger partial charge in [-0.25, -0.2) is 8.42 Å². The van der Waals surface area contributed by atoms with Gasteiger partial charge < -0.3 is 5.32 Å². The summed E-state index contributed by atoms with van der Waals surface area (Å²) in [6, 6.07) is 15.4. The summed E-state index contributed by atoms with van der Waals surface area (Å²) in [6.07, 6.45) is 0. The minimum absolute atomic E-state index is 0.0477. The monoisotopic (exact) mass is 332 g/mol. The van der Waals surface area contributed by atoms with Crippen LogP contribution in [0.5, 0.6) is 0 Å². The molecule has 0 unspecified atom stereocenters. The second-order valence-electron chi connectivity index (χ2n) is 5.55. The molecule has 0 heterocycles. The number of hydrogen-bond acceptors (Lipinski definition) is 3. The zero-order chi connectivity index (χ0) is 16.9. The van der Waals surface area contributed by atoms with Gasteiger partial charge in [-0.2, -0.15) is 0 Å². The lowest BCUT2D eigenvalue weighted by Crippen LogP contribution is -2.30. The topological polar surface area (TPSA) is 75.3 Å². The Kier molecular flexibility index (Phi) is 5.39. The maximum absolute atomic E-state index is 12.1. The number of amides is 1. The van der Waals surface area contributed by atoms with Crippen LogP contribution in [-0.2, 0) is 15.8 Å². The summed E-state index contributed by atoms with van der Waals surface area (Å²) in [5, 5.41) is 2.78. The molecule has 0 aliphatic carbocycles. The first-order valence-corrected chi connectivity index (χ1v) is 8.96. The second-order valence-corrected chi connectivity index (χ2v) is 7.27. The summed E-state index contributed by atoms with van der Waals surface area (Å²) in [5.41, 5.74) is 1.64. The van der Waals surface area contributed by atoms with Crippen molar-refractivity contribution in [2.24, 2.45) is 0 Å². The lowest BCUT2D eigenvalue weighted by atomic mass is 10.2. The third-order valence-corrected chi connectivity index (χ3v) is 4.30. The van der Waals surface area contributed by atoms with Gasteiger partial charge in [0.2, 0.25) is 10.0 Å². The summed E-state index contributed by atoms with van der Waals surface area (Å²) in [6.45, 7) is 3.76. The summed E-state index contributed by atoms with van der Waals surface area (Å²) in [7, 11) is -3.49. The van der Waals surface area contributed by atoms with E-state index in [9.17, 15) is 13.2 Å². The van der Waals surface area contributed by atoms with E-state index in [1.54, 1.807) is 48.5 Å². The van der Waals surface area contributed by atoms with Crippen LogP contribution >= 0.6 is 0 Å². The van der Waals surface area contributed by atoms with Gasteiger partial charge in [-0.15, -0.1) is 0 Å². The van der Waals surface area contributed by atoms with Gasteiger partial charge in [-0.3, -0.25) is 9.52 Å². The van der Waals surface area contributed by atoms with Crippen LogP contribution in [0.4, 0.5) is 5.69 Å². The highest BCUT2D eigenvalue weighted by Gasteiger charge is 2.12. The fourth-order valence-electron chi connectivity index (χ4n) is 2.04. The third-order valence-electron chi connectivity index (χ3n) is 3.04. The Labute approximate surface area is 136 Å². The molecule has 0 spiro atoms. The summed E-state index contributed by atoms with van der Waals surface area (Å²) >= 11 is 0. The number of rotatable bonds is 6. The van der Waals surface area contributed by atoms with Gasteiger partial charge in [0.05, 0.1) is 5.75 Å². The maximum Gasteiger partial charge on any atom is 0.251 e. The van der Waals surface area contributed by atoms with Crippen LogP contribution in [0.3, 0.4) is 0 Å². The quantitative estimate of drug-likeness (QED) is 0.854. The van der Waals surface area contributed by atoms with Crippen molar-refractivity contribution in [3.63, 3.8) is 0 Å². The van der Waals surface area contributed by atoms with Gasteiger partial charge in [0.25, 0.3) is 5.91 Å². The van der Waals surface area contributed by atoms with E-state index in [4.69, 9.17) is 0 Å². The van der Waals surface area contributed by atoms with E-state index in [1.165, 1.54) is 0 Å². The summed E-state index contributed by atoms with van der Waals surface area (Å²) in [4.78, 5) is 11.8. The third kappa shape index (κ3) is 5.41. The predicted octanol–water partition coefficient (Wildman–Crippen LogP) is 2.77. The van der Waals surface area contributed by atoms with Crippen LogP contribution < -0.4 is 10.0 Å². The van der Waals surface area contributed by atoms with Crippen LogP contribution in [0.15, 0.2) is 54.6 Å². The first-order chi connectivity index (χ1) is 10.9. The summed E-state index contributed by atoms with van der Waals surface area (Å²) in [5.74, 6) is -0.276. The minimum atomic E-state index is -3.49. The molecule has 1 amide bonds. The van der Waals surface area contributed by atoms with E-state index < -0.39 is 10.0 Å². The molecular formula is C17H20N2O3S. The molecule has 0 radical (unpaired) electrons. The van der Waals surface area contributed by atoms with Gasteiger partial charge in [0, 0.05) is 17.3 Å². The predicted molar refractivity (Wildman–Crippen MR) is 91.7 cm³/mol. The lowest BCUT2D eigenvalue weighted by molar-refractivity contribution is 0.0943. The average Bonchev–Trinajstić information content (AvgIpc) is 2.47. The Morgan fingerprint density at radius 3 is 2.17 bits per heavy atom. The molecule has 122 valence electrons. The molecule has 2 aromatic carbocycles. The van der Waals surface area contributed by atoms with Gasteiger partial charge in [0.1, 0.15) is 0 Å². The van der Waals surface area contributed by atoms with E-state index in [0.29, 0.717) is 16.8 Å². The molecule has 2 aromatic rings. The lowest BCUT2D eigenvalue weighted by Gasteiger charge is -2.10. The highest BCUT2D eigenvalue weighted by atomic mass is 32.2. The minimum Gasteiger partial charge on any atom is -0.350 e. The molecule has 2 N–H and O–H groups in total. The van der Waals surface area contributed by atoms with Gasteiger partial charge in [-0.1, -0.05) is 30.3 Å². The van der Waals surface area contributed by atoms with Crippen molar-refractivity contribution in [3.8, 4) is 0 Å². The van der Waals surface area contributed by atoms with Crippen molar-refractivity contribution in [2.75, 3.05) is 4.72 Å². The van der Waals surface area contributed by atoms with Gasteiger partial charge in [-0.05, 0) is 43.7 Å². The molecule has 0 fully saturated rings. The molecule has 2 rings (SSSR count). The Morgan fingerprint density at radius 2 is 1.61 bits per heavy atom. The largest absolute Gasteiger partial charge is 0.350 e. The number of carbonyl (C=O) groups excluding carboxylic acids is 1. The van der Waals surface area contributed by atoms with Crippen LogP contribution in [0.25, 0.3) is 0 Å². The Hall–Kier alpha value is -2.34. The molecule has 0 aromatic heterocycles. The van der Waals surface area contributed by atoms with Crippen molar-refractivity contribution >= 4 is 21.6 Å². The molecule has 5 nitrogen and oxygen atoms in total. The number of anilines is 1. The normalized spacial score (nSPS) is 11.3. The first-order valence-electron chi connectivity index (χ1n) is 7.31. The Balaban J connectivity index is 2.04. The van der Waals surface area contributed by atoms with Crippen LogP contribution in [0, 0.1) is 0 Å². The molecule has 0 aliphatic heterocycles. The molecular weight excluding hydrogens is 312 g/mol. The molecule has 23 heavy (non-hydrogen) atoms. The van der Waals surface area contributed by atoms with Crippen molar-refractivity contribution in [1.82, 2.24) is 5.32 Å². The molecule has 0 saturated carbocycles. The first kappa shape index (κ1) is 17.0. The van der Waals surface area contributed by atoms with E-state index in [-0.39, 0.29) is 17.7 Å². The van der Waals surface area contributed by atoms with E-state index >= 15 is 0 Å². The SMILES string of the molecule is CC(C)NC(=O)c1ccc(NS(=O)(=O)Cc2ccccc2)cc1. The summed E-state index contributed by atoms with van der Waals surface area (Å²) < 4.78 is 26.8. The number of nitrogens with one attached hydrogen (secondary N) is 2. The van der Waals surface area contributed by atoms with Crippen LogP contribution in [0.2, 0.25) is 0 Å². The zero-order valence-electron chi connectivity index (χ0n) is 13.1. The molecule has 0 bridgehead atoms. The second kappa shape index (κ2) is 7.28. The number of benzene rings is 2. The fourth-order valence-corrected chi connectivity index (χ4v) is 3.24. The van der Waals surface area contributed by atoms with Gasteiger partial charge in [0.15, 0.2) is 0 Å².